The van der Waals surface area contributed by atoms with Crippen molar-refractivity contribution in [2.24, 2.45) is 0 Å². The number of hydrogen-bond acceptors (Lipinski definition) is 4. The van der Waals surface area contributed by atoms with Crippen LogP contribution in [-0.4, -0.2) is 26.9 Å². The van der Waals surface area contributed by atoms with E-state index in [2.05, 4.69) is 23.8 Å². The zero-order valence-corrected chi connectivity index (χ0v) is 9.58. The Kier molecular flexibility index (Phi) is 4.35. The van der Waals surface area contributed by atoms with Crippen LogP contribution in [0.25, 0.3) is 0 Å². The van der Waals surface area contributed by atoms with Crippen LogP contribution in [0.2, 0.25) is 0 Å². The number of aliphatic hydroxyl groups is 1. The molecule has 0 spiro atoms. The monoisotopic (exact) mass is 212 g/mol. The molecular weight excluding hydrogens is 196 g/mol. The average molecular weight is 212 g/mol. The van der Waals surface area contributed by atoms with Crippen LogP contribution in [0.1, 0.15) is 32.4 Å². The maximum atomic E-state index is 8.91. The molecule has 1 aromatic rings. The SMILES string of the molecule is CC(CO)Sc1cc(C(C)C)ncn1. The molecule has 0 fully saturated rings. The van der Waals surface area contributed by atoms with E-state index in [1.807, 2.05) is 13.0 Å². The summed E-state index contributed by atoms with van der Waals surface area (Å²) in [5.41, 5.74) is 1.05. The quantitative estimate of drug-likeness (QED) is 0.613. The minimum Gasteiger partial charge on any atom is -0.395 e. The van der Waals surface area contributed by atoms with Crippen molar-refractivity contribution in [1.29, 1.82) is 0 Å². The highest BCUT2D eigenvalue weighted by Crippen LogP contribution is 2.22. The molecule has 0 aliphatic heterocycles. The van der Waals surface area contributed by atoms with Crippen LogP contribution in [0.5, 0.6) is 0 Å². The molecule has 1 aromatic heterocycles. The van der Waals surface area contributed by atoms with Gasteiger partial charge in [-0.1, -0.05) is 20.8 Å². The second kappa shape index (κ2) is 5.32. The molecule has 0 saturated heterocycles. The van der Waals surface area contributed by atoms with Crippen molar-refractivity contribution in [3.05, 3.63) is 18.1 Å². The summed E-state index contributed by atoms with van der Waals surface area (Å²) in [4.78, 5) is 8.34. The Morgan fingerprint density at radius 3 is 2.64 bits per heavy atom. The van der Waals surface area contributed by atoms with Crippen molar-refractivity contribution in [2.45, 2.75) is 37.0 Å². The van der Waals surface area contributed by atoms with Crippen molar-refractivity contribution < 1.29 is 5.11 Å². The predicted octanol–water partition coefficient (Wildman–Crippen LogP) is 2.07. The van der Waals surface area contributed by atoms with E-state index in [9.17, 15) is 0 Å². The van der Waals surface area contributed by atoms with Gasteiger partial charge in [0.2, 0.25) is 0 Å². The average Bonchev–Trinajstić information content (AvgIpc) is 2.18. The van der Waals surface area contributed by atoms with Gasteiger partial charge in [0.1, 0.15) is 6.33 Å². The van der Waals surface area contributed by atoms with E-state index in [0.717, 1.165) is 10.7 Å². The third kappa shape index (κ3) is 3.27. The van der Waals surface area contributed by atoms with Crippen molar-refractivity contribution in [2.75, 3.05) is 6.61 Å². The summed E-state index contributed by atoms with van der Waals surface area (Å²) in [5, 5.41) is 10.0. The Bertz CT molecular complexity index is 291. The fraction of sp³-hybridized carbons (Fsp3) is 0.600. The topological polar surface area (TPSA) is 46.0 Å². The number of thioether (sulfide) groups is 1. The second-order valence-corrected chi connectivity index (χ2v) is 5.01. The van der Waals surface area contributed by atoms with E-state index >= 15 is 0 Å². The summed E-state index contributed by atoms with van der Waals surface area (Å²) >= 11 is 1.57. The van der Waals surface area contributed by atoms with Crippen LogP contribution in [0.3, 0.4) is 0 Å². The van der Waals surface area contributed by atoms with Crippen molar-refractivity contribution in [3.63, 3.8) is 0 Å². The number of rotatable bonds is 4. The lowest BCUT2D eigenvalue weighted by Gasteiger charge is -2.08. The number of hydrogen-bond donors (Lipinski definition) is 1. The largest absolute Gasteiger partial charge is 0.395 e. The van der Waals surface area contributed by atoms with Gasteiger partial charge in [0, 0.05) is 10.9 Å². The third-order valence-electron chi connectivity index (χ3n) is 1.83. The molecule has 4 heteroatoms. The summed E-state index contributed by atoms with van der Waals surface area (Å²) in [6, 6.07) is 1.99. The van der Waals surface area contributed by atoms with Gasteiger partial charge in [-0.05, 0) is 12.0 Å². The molecule has 78 valence electrons. The van der Waals surface area contributed by atoms with Gasteiger partial charge in [0.15, 0.2) is 0 Å². The second-order valence-electron chi connectivity index (χ2n) is 3.55. The predicted molar refractivity (Wildman–Crippen MR) is 58.5 cm³/mol. The van der Waals surface area contributed by atoms with E-state index in [0.29, 0.717) is 5.92 Å². The van der Waals surface area contributed by atoms with Gasteiger partial charge in [0.25, 0.3) is 0 Å². The van der Waals surface area contributed by atoms with Gasteiger partial charge in [-0.3, -0.25) is 0 Å². The van der Waals surface area contributed by atoms with Crippen LogP contribution in [0.4, 0.5) is 0 Å². The minimum absolute atomic E-state index is 0.172. The number of aromatic nitrogens is 2. The highest BCUT2D eigenvalue weighted by Gasteiger charge is 2.06. The van der Waals surface area contributed by atoms with E-state index in [1.54, 1.807) is 18.1 Å². The Hall–Kier alpha value is -0.610. The Labute approximate surface area is 89.0 Å². The number of nitrogens with zero attached hydrogens (tertiary/aromatic N) is 2. The summed E-state index contributed by atoms with van der Waals surface area (Å²) in [5.74, 6) is 0.418. The standard InChI is InChI=1S/C10H16N2OS/c1-7(2)9-4-10(12-6-11-9)14-8(3)5-13/h4,6-8,13H,5H2,1-3H3. The zero-order chi connectivity index (χ0) is 10.6. The van der Waals surface area contributed by atoms with Gasteiger partial charge in [-0.2, -0.15) is 0 Å². The molecule has 0 aliphatic rings. The van der Waals surface area contributed by atoms with Crippen molar-refractivity contribution >= 4 is 11.8 Å². The fourth-order valence-corrected chi connectivity index (χ4v) is 1.76. The molecule has 1 unspecified atom stereocenters. The van der Waals surface area contributed by atoms with Gasteiger partial charge < -0.3 is 5.11 Å². The molecule has 0 saturated carbocycles. The Morgan fingerprint density at radius 1 is 1.36 bits per heavy atom. The smallest absolute Gasteiger partial charge is 0.116 e. The molecule has 1 N–H and O–H groups in total. The maximum absolute atomic E-state index is 8.91. The summed E-state index contributed by atoms with van der Waals surface area (Å²) in [6.07, 6.45) is 1.59. The lowest BCUT2D eigenvalue weighted by molar-refractivity contribution is 0.300. The lowest BCUT2D eigenvalue weighted by Crippen LogP contribution is -2.03. The summed E-state index contributed by atoms with van der Waals surface area (Å²) in [6.45, 7) is 6.35. The summed E-state index contributed by atoms with van der Waals surface area (Å²) in [7, 11) is 0. The van der Waals surface area contributed by atoms with Crippen LogP contribution < -0.4 is 0 Å². The van der Waals surface area contributed by atoms with Crippen LogP contribution >= 0.6 is 11.8 Å². The molecule has 1 rings (SSSR count). The van der Waals surface area contributed by atoms with Crippen molar-refractivity contribution in [1.82, 2.24) is 9.97 Å². The Balaban J connectivity index is 2.73. The molecule has 14 heavy (non-hydrogen) atoms. The fourth-order valence-electron chi connectivity index (χ4n) is 0.977. The van der Waals surface area contributed by atoms with Gasteiger partial charge >= 0.3 is 0 Å². The Morgan fingerprint density at radius 2 is 2.07 bits per heavy atom. The first-order chi connectivity index (χ1) is 6.63. The van der Waals surface area contributed by atoms with Gasteiger partial charge in [-0.25, -0.2) is 9.97 Å². The van der Waals surface area contributed by atoms with E-state index in [1.165, 1.54) is 0 Å². The van der Waals surface area contributed by atoms with Crippen LogP contribution in [-0.2, 0) is 0 Å². The molecule has 1 heterocycles. The van der Waals surface area contributed by atoms with Crippen LogP contribution in [0.15, 0.2) is 17.4 Å². The molecule has 1 atom stereocenters. The van der Waals surface area contributed by atoms with Gasteiger partial charge in [0.05, 0.1) is 11.6 Å². The molecule has 0 bridgehead atoms. The zero-order valence-electron chi connectivity index (χ0n) is 8.77. The molecular formula is C10H16N2OS. The van der Waals surface area contributed by atoms with E-state index in [4.69, 9.17) is 5.11 Å². The number of aliphatic hydroxyl groups excluding tert-OH is 1. The molecule has 3 nitrogen and oxygen atoms in total. The first-order valence-corrected chi connectivity index (χ1v) is 5.61. The van der Waals surface area contributed by atoms with E-state index in [-0.39, 0.29) is 11.9 Å². The normalized spacial score (nSPS) is 13.2. The first kappa shape index (κ1) is 11.5. The van der Waals surface area contributed by atoms with E-state index < -0.39 is 0 Å². The molecule has 0 radical (unpaired) electrons. The summed E-state index contributed by atoms with van der Waals surface area (Å²) < 4.78 is 0. The molecule has 0 amide bonds. The first-order valence-electron chi connectivity index (χ1n) is 4.73. The molecule has 0 aromatic carbocycles. The molecule has 0 aliphatic carbocycles. The minimum atomic E-state index is 0.172. The van der Waals surface area contributed by atoms with Gasteiger partial charge in [-0.15, -0.1) is 11.8 Å². The van der Waals surface area contributed by atoms with Crippen molar-refractivity contribution in [3.8, 4) is 0 Å². The highest BCUT2D eigenvalue weighted by molar-refractivity contribution is 7.99. The maximum Gasteiger partial charge on any atom is 0.116 e. The third-order valence-corrected chi connectivity index (χ3v) is 2.85. The lowest BCUT2D eigenvalue weighted by atomic mass is 10.1. The van der Waals surface area contributed by atoms with Crippen LogP contribution in [0, 0.1) is 0 Å². The highest BCUT2D eigenvalue weighted by atomic mass is 32.2.